The SMILES string of the molecule is CNc1nc(NC2(C)CCCOC2)c2ccccc2n1. The number of para-hydroxylation sites is 1. The summed E-state index contributed by atoms with van der Waals surface area (Å²) in [5.74, 6) is 1.50. The van der Waals surface area contributed by atoms with Gasteiger partial charge in [-0.2, -0.15) is 4.98 Å². The fraction of sp³-hybridized carbons (Fsp3) is 0.467. The Labute approximate surface area is 118 Å². The van der Waals surface area contributed by atoms with Crippen LogP contribution in [0.4, 0.5) is 11.8 Å². The minimum Gasteiger partial charge on any atom is -0.379 e. The van der Waals surface area contributed by atoms with Crippen LogP contribution in [-0.4, -0.2) is 35.8 Å². The summed E-state index contributed by atoms with van der Waals surface area (Å²) in [5, 5.41) is 7.61. The van der Waals surface area contributed by atoms with Crippen LogP contribution in [0.5, 0.6) is 0 Å². The molecule has 5 nitrogen and oxygen atoms in total. The first kappa shape index (κ1) is 13.1. The number of nitrogens with zero attached hydrogens (tertiary/aromatic N) is 2. The molecule has 0 amide bonds. The lowest BCUT2D eigenvalue weighted by Gasteiger charge is -2.35. The molecule has 0 aliphatic carbocycles. The molecular formula is C15H20N4O. The molecule has 0 spiro atoms. The lowest BCUT2D eigenvalue weighted by Crippen LogP contribution is -2.43. The van der Waals surface area contributed by atoms with Gasteiger partial charge in [0, 0.05) is 19.0 Å². The molecule has 0 radical (unpaired) electrons. The molecule has 1 saturated heterocycles. The number of benzene rings is 1. The average molecular weight is 272 g/mol. The Morgan fingerprint density at radius 3 is 2.85 bits per heavy atom. The van der Waals surface area contributed by atoms with Gasteiger partial charge in [-0.3, -0.25) is 0 Å². The maximum absolute atomic E-state index is 5.60. The third-order valence-electron chi connectivity index (χ3n) is 3.68. The molecule has 1 atom stereocenters. The second-order valence-electron chi connectivity index (χ2n) is 5.50. The van der Waals surface area contributed by atoms with E-state index in [1.807, 2.05) is 31.3 Å². The summed E-state index contributed by atoms with van der Waals surface area (Å²) >= 11 is 0. The monoisotopic (exact) mass is 272 g/mol. The Hall–Kier alpha value is -1.88. The summed E-state index contributed by atoms with van der Waals surface area (Å²) in [6, 6.07) is 8.05. The van der Waals surface area contributed by atoms with E-state index in [9.17, 15) is 0 Å². The maximum Gasteiger partial charge on any atom is 0.224 e. The number of nitrogens with one attached hydrogen (secondary N) is 2. The maximum atomic E-state index is 5.60. The quantitative estimate of drug-likeness (QED) is 0.899. The number of aromatic nitrogens is 2. The molecule has 0 saturated carbocycles. The molecule has 5 heteroatoms. The van der Waals surface area contributed by atoms with Crippen LogP contribution >= 0.6 is 0 Å². The largest absolute Gasteiger partial charge is 0.379 e. The van der Waals surface area contributed by atoms with E-state index >= 15 is 0 Å². The van der Waals surface area contributed by atoms with Crippen molar-refractivity contribution in [3.05, 3.63) is 24.3 Å². The smallest absolute Gasteiger partial charge is 0.224 e. The van der Waals surface area contributed by atoms with Crippen molar-refractivity contribution in [2.75, 3.05) is 30.9 Å². The van der Waals surface area contributed by atoms with Crippen LogP contribution in [-0.2, 0) is 4.74 Å². The summed E-state index contributed by atoms with van der Waals surface area (Å²) < 4.78 is 5.60. The van der Waals surface area contributed by atoms with E-state index in [-0.39, 0.29) is 5.54 Å². The highest BCUT2D eigenvalue weighted by Gasteiger charge is 2.28. The Balaban J connectivity index is 2.01. The number of rotatable bonds is 3. The normalized spacial score (nSPS) is 22.7. The topological polar surface area (TPSA) is 59.1 Å². The summed E-state index contributed by atoms with van der Waals surface area (Å²) in [7, 11) is 1.83. The van der Waals surface area contributed by atoms with Gasteiger partial charge in [-0.15, -0.1) is 0 Å². The van der Waals surface area contributed by atoms with Crippen LogP contribution in [0, 0.1) is 0 Å². The van der Waals surface area contributed by atoms with Crippen LogP contribution in [0.15, 0.2) is 24.3 Å². The van der Waals surface area contributed by atoms with Gasteiger partial charge in [-0.1, -0.05) is 12.1 Å². The number of fused-ring (bicyclic) bond motifs is 1. The lowest BCUT2D eigenvalue weighted by atomic mass is 9.95. The van der Waals surface area contributed by atoms with Crippen LogP contribution < -0.4 is 10.6 Å². The van der Waals surface area contributed by atoms with Gasteiger partial charge in [0.25, 0.3) is 0 Å². The molecule has 2 heterocycles. The molecule has 1 fully saturated rings. The van der Waals surface area contributed by atoms with E-state index in [4.69, 9.17) is 4.74 Å². The first-order valence-electron chi connectivity index (χ1n) is 7.01. The van der Waals surface area contributed by atoms with Crippen molar-refractivity contribution >= 4 is 22.7 Å². The van der Waals surface area contributed by atoms with E-state index in [1.165, 1.54) is 0 Å². The molecule has 1 aromatic carbocycles. The van der Waals surface area contributed by atoms with E-state index in [1.54, 1.807) is 0 Å². The minimum absolute atomic E-state index is 0.0691. The van der Waals surface area contributed by atoms with Crippen molar-refractivity contribution in [3.63, 3.8) is 0 Å². The van der Waals surface area contributed by atoms with Gasteiger partial charge in [0.05, 0.1) is 17.7 Å². The molecular weight excluding hydrogens is 252 g/mol. The van der Waals surface area contributed by atoms with Gasteiger partial charge in [0.2, 0.25) is 5.95 Å². The van der Waals surface area contributed by atoms with Crippen LogP contribution in [0.1, 0.15) is 19.8 Å². The average Bonchev–Trinajstić information content (AvgIpc) is 2.47. The summed E-state index contributed by atoms with van der Waals surface area (Å²) in [6.45, 7) is 3.74. The van der Waals surface area contributed by atoms with Gasteiger partial charge in [0.1, 0.15) is 5.82 Å². The zero-order valence-corrected chi connectivity index (χ0v) is 11.9. The van der Waals surface area contributed by atoms with Gasteiger partial charge in [0.15, 0.2) is 0 Å². The van der Waals surface area contributed by atoms with Crippen LogP contribution in [0.2, 0.25) is 0 Å². The predicted molar refractivity (Wildman–Crippen MR) is 81.2 cm³/mol. The van der Waals surface area contributed by atoms with Crippen LogP contribution in [0.25, 0.3) is 10.9 Å². The molecule has 2 N–H and O–H groups in total. The number of hydrogen-bond donors (Lipinski definition) is 2. The fourth-order valence-electron chi connectivity index (χ4n) is 2.60. The van der Waals surface area contributed by atoms with Crippen LogP contribution in [0.3, 0.4) is 0 Å². The Morgan fingerprint density at radius 2 is 2.10 bits per heavy atom. The summed E-state index contributed by atoms with van der Waals surface area (Å²) in [6.07, 6.45) is 2.16. The zero-order chi connectivity index (χ0) is 14.0. The molecule has 1 unspecified atom stereocenters. The van der Waals surface area contributed by atoms with E-state index in [0.717, 1.165) is 36.2 Å². The first-order valence-corrected chi connectivity index (χ1v) is 7.01. The molecule has 20 heavy (non-hydrogen) atoms. The van der Waals surface area contributed by atoms with Crippen molar-refractivity contribution in [3.8, 4) is 0 Å². The molecule has 0 bridgehead atoms. The second kappa shape index (κ2) is 5.25. The fourth-order valence-corrected chi connectivity index (χ4v) is 2.60. The molecule has 106 valence electrons. The number of anilines is 2. The molecule has 2 aromatic rings. The van der Waals surface area contributed by atoms with E-state index < -0.39 is 0 Å². The molecule has 1 aliphatic rings. The highest BCUT2D eigenvalue weighted by Crippen LogP contribution is 2.28. The van der Waals surface area contributed by atoms with Gasteiger partial charge < -0.3 is 15.4 Å². The predicted octanol–water partition coefficient (Wildman–Crippen LogP) is 2.65. The van der Waals surface area contributed by atoms with Crippen molar-refractivity contribution in [2.45, 2.75) is 25.3 Å². The third kappa shape index (κ3) is 2.54. The lowest BCUT2D eigenvalue weighted by molar-refractivity contribution is 0.0539. The summed E-state index contributed by atoms with van der Waals surface area (Å²) in [5.41, 5.74) is 0.870. The van der Waals surface area contributed by atoms with E-state index in [0.29, 0.717) is 12.6 Å². The van der Waals surface area contributed by atoms with Crippen molar-refractivity contribution < 1.29 is 4.74 Å². The zero-order valence-electron chi connectivity index (χ0n) is 11.9. The third-order valence-corrected chi connectivity index (χ3v) is 3.68. The Bertz CT molecular complexity index is 608. The standard InChI is InChI=1S/C15H20N4O/c1-15(8-5-9-20-10-15)19-13-11-6-3-4-7-12(11)17-14(16-2)18-13/h3-4,6-7H,5,8-10H2,1-2H3,(H2,16,17,18,19). The van der Waals surface area contributed by atoms with Gasteiger partial charge in [-0.05, 0) is 31.9 Å². The molecule has 1 aliphatic heterocycles. The first-order chi connectivity index (χ1) is 9.70. The summed E-state index contributed by atoms with van der Waals surface area (Å²) in [4.78, 5) is 9.05. The van der Waals surface area contributed by atoms with Crippen molar-refractivity contribution in [1.29, 1.82) is 0 Å². The van der Waals surface area contributed by atoms with Crippen molar-refractivity contribution in [2.24, 2.45) is 0 Å². The number of ether oxygens (including phenoxy) is 1. The molecule has 3 rings (SSSR count). The minimum atomic E-state index is -0.0691. The molecule has 1 aromatic heterocycles. The van der Waals surface area contributed by atoms with Gasteiger partial charge in [-0.25, -0.2) is 4.98 Å². The van der Waals surface area contributed by atoms with E-state index in [2.05, 4.69) is 27.5 Å². The van der Waals surface area contributed by atoms with Crippen molar-refractivity contribution in [1.82, 2.24) is 9.97 Å². The number of hydrogen-bond acceptors (Lipinski definition) is 5. The van der Waals surface area contributed by atoms with Gasteiger partial charge >= 0.3 is 0 Å². The highest BCUT2D eigenvalue weighted by atomic mass is 16.5. The highest BCUT2D eigenvalue weighted by molar-refractivity contribution is 5.90. The Morgan fingerprint density at radius 1 is 1.25 bits per heavy atom. The second-order valence-corrected chi connectivity index (χ2v) is 5.50. The Kier molecular flexibility index (Phi) is 3.44.